The van der Waals surface area contributed by atoms with E-state index in [9.17, 15) is 0 Å². The van der Waals surface area contributed by atoms with E-state index in [0.717, 1.165) is 32.7 Å². The Hall–Kier alpha value is -0.380. The third-order valence-electron chi connectivity index (χ3n) is 5.88. The Morgan fingerprint density at radius 1 is 0.864 bits per heavy atom. The molecular weight excluding hydrogens is 272 g/mol. The summed E-state index contributed by atoms with van der Waals surface area (Å²) in [5.41, 5.74) is 3.42. The molecule has 0 N–H and O–H groups in total. The summed E-state index contributed by atoms with van der Waals surface area (Å²) < 4.78 is 5.58. The quantitative estimate of drug-likeness (QED) is 0.720. The molecule has 3 nitrogen and oxygen atoms in total. The SMILES string of the molecule is CCC(C)=C(C(C)(C)N1CCCC1)C(C)(C)N1CCOCC1. The highest BCUT2D eigenvalue weighted by molar-refractivity contribution is 5.34. The van der Waals surface area contributed by atoms with Crippen molar-refractivity contribution < 1.29 is 4.74 Å². The molecule has 0 amide bonds. The van der Waals surface area contributed by atoms with Crippen LogP contribution in [0.1, 0.15) is 60.8 Å². The predicted octanol–water partition coefficient (Wildman–Crippen LogP) is 3.70. The van der Waals surface area contributed by atoms with Gasteiger partial charge in [0.25, 0.3) is 0 Å². The molecule has 0 saturated carbocycles. The number of morpholine rings is 1. The number of hydrogen-bond acceptors (Lipinski definition) is 3. The maximum absolute atomic E-state index is 5.58. The van der Waals surface area contributed by atoms with Crippen molar-refractivity contribution in [2.24, 2.45) is 0 Å². The van der Waals surface area contributed by atoms with E-state index >= 15 is 0 Å². The summed E-state index contributed by atoms with van der Waals surface area (Å²) in [6, 6.07) is 0. The molecule has 0 radical (unpaired) electrons. The van der Waals surface area contributed by atoms with E-state index < -0.39 is 0 Å². The topological polar surface area (TPSA) is 15.7 Å². The van der Waals surface area contributed by atoms with Crippen molar-refractivity contribution >= 4 is 0 Å². The molecule has 2 aliphatic rings. The minimum Gasteiger partial charge on any atom is -0.379 e. The molecule has 22 heavy (non-hydrogen) atoms. The molecule has 2 fully saturated rings. The van der Waals surface area contributed by atoms with Crippen LogP contribution in [0, 0.1) is 0 Å². The van der Waals surface area contributed by atoms with E-state index in [4.69, 9.17) is 4.74 Å². The van der Waals surface area contributed by atoms with Crippen LogP contribution in [0.25, 0.3) is 0 Å². The van der Waals surface area contributed by atoms with E-state index in [-0.39, 0.29) is 11.1 Å². The molecule has 0 bridgehead atoms. The van der Waals surface area contributed by atoms with Gasteiger partial charge < -0.3 is 4.74 Å². The van der Waals surface area contributed by atoms with Crippen LogP contribution in [0.4, 0.5) is 0 Å². The number of allylic oxidation sites excluding steroid dienone is 1. The minimum atomic E-state index is 0.0932. The molecule has 0 aliphatic carbocycles. The summed E-state index contributed by atoms with van der Waals surface area (Å²) in [4.78, 5) is 5.33. The Kier molecular flexibility index (Phi) is 5.73. The largest absolute Gasteiger partial charge is 0.379 e. The van der Waals surface area contributed by atoms with Crippen LogP contribution in [0.5, 0.6) is 0 Å². The zero-order valence-electron chi connectivity index (χ0n) is 15.7. The lowest BCUT2D eigenvalue weighted by molar-refractivity contribution is -0.00707. The molecular formula is C19H36N2O. The molecule has 3 heteroatoms. The minimum absolute atomic E-state index is 0.0932. The van der Waals surface area contributed by atoms with Crippen LogP contribution < -0.4 is 0 Å². The Bertz CT molecular complexity index is 400. The van der Waals surface area contributed by atoms with Gasteiger partial charge in [-0.1, -0.05) is 12.5 Å². The van der Waals surface area contributed by atoms with Crippen LogP contribution >= 0.6 is 0 Å². The molecule has 0 unspecified atom stereocenters. The van der Waals surface area contributed by atoms with E-state index in [2.05, 4.69) is 51.3 Å². The predicted molar refractivity (Wildman–Crippen MR) is 94.3 cm³/mol. The molecule has 2 saturated heterocycles. The summed E-state index contributed by atoms with van der Waals surface area (Å²) in [6.45, 7) is 20.7. The zero-order valence-corrected chi connectivity index (χ0v) is 15.7. The van der Waals surface area contributed by atoms with Crippen molar-refractivity contribution in [3.8, 4) is 0 Å². The van der Waals surface area contributed by atoms with Crippen molar-refractivity contribution in [2.75, 3.05) is 39.4 Å². The van der Waals surface area contributed by atoms with Gasteiger partial charge in [-0.05, 0) is 72.5 Å². The average molecular weight is 309 g/mol. The number of hydrogen-bond donors (Lipinski definition) is 0. The van der Waals surface area contributed by atoms with E-state index in [1.54, 1.807) is 11.1 Å². The lowest BCUT2D eigenvalue weighted by atomic mass is 9.75. The first-order valence-corrected chi connectivity index (χ1v) is 9.10. The van der Waals surface area contributed by atoms with E-state index in [1.807, 2.05) is 0 Å². The molecule has 0 aromatic rings. The van der Waals surface area contributed by atoms with Gasteiger partial charge >= 0.3 is 0 Å². The van der Waals surface area contributed by atoms with Crippen molar-refractivity contribution in [1.29, 1.82) is 0 Å². The Balaban J connectivity index is 2.37. The van der Waals surface area contributed by atoms with Gasteiger partial charge in [-0.15, -0.1) is 0 Å². The zero-order chi connectivity index (χ0) is 16.4. The lowest BCUT2D eigenvalue weighted by Crippen LogP contribution is -2.58. The van der Waals surface area contributed by atoms with Crippen molar-refractivity contribution in [1.82, 2.24) is 9.80 Å². The van der Waals surface area contributed by atoms with Crippen LogP contribution in [0.3, 0.4) is 0 Å². The highest BCUT2D eigenvalue weighted by atomic mass is 16.5. The standard InChI is InChI=1S/C19H36N2O/c1-7-16(2)17(18(3,4)20-10-8-9-11-20)19(5,6)21-12-14-22-15-13-21/h7-15H2,1-6H3. The first-order chi connectivity index (χ1) is 10.3. The molecule has 2 rings (SSSR count). The highest BCUT2D eigenvalue weighted by Gasteiger charge is 2.43. The smallest absolute Gasteiger partial charge is 0.0594 e. The molecule has 0 spiro atoms. The second-order valence-electron chi connectivity index (χ2n) is 7.92. The second-order valence-corrected chi connectivity index (χ2v) is 7.92. The van der Waals surface area contributed by atoms with Crippen LogP contribution in [0.15, 0.2) is 11.1 Å². The molecule has 128 valence electrons. The first kappa shape index (κ1) is 18.0. The molecule has 2 heterocycles. The monoisotopic (exact) mass is 308 g/mol. The van der Waals surface area contributed by atoms with Gasteiger partial charge in [-0.25, -0.2) is 0 Å². The van der Waals surface area contributed by atoms with Crippen LogP contribution in [-0.2, 0) is 4.74 Å². The summed E-state index contributed by atoms with van der Waals surface area (Å²) >= 11 is 0. The summed E-state index contributed by atoms with van der Waals surface area (Å²) in [5.74, 6) is 0. The Morgan fingerprint density at radius 2 is 1.32 bits per heavy atom. The number of nitrogens with zero attached hydrogens (tertiary/aromatic N) is 2. The van der Waals surface area contributed by atoms with Gasteiger partial charge in [0.15, 0.2) is 0 Å². The highest BCUT2D eigenvalue weighted by Crippen LogP contribution is 2.40. The van der Waals surface area contributed by atoms with Gasteiger partial charge in [0.2, 0.25) is 0 Å². The fourth-order valence-corrected chi connectivity index (χ4v) is 4.68. The first-order valence-electron chi connectivity index (χ1n) is 9.10. The van der Waals surface area contributed by atoms with E-state index in [0.29, 0.717) is 0 Å². The fraction of sp³-hybridized carbons (Fsp3) is 0.895. The molecule has 0 aromatic heterocycles. The maximum Gasteiger partial charge on any atom is 0.0594 e. The van der Waals surface area contributed by atoms with Crippen molar-refractivity contribution in [3.05, 3.63) is 11.1 Å². The summed E-state index contributed by atoms with van der Waals surface area (Å²) in [6.07, 6.45) is 3.83. The Labute approximate surface area is 137 Å². The fourth-order valence-electron chi connectivity index (χ4n) is 4.68. The van der Waals surface area contributed by atoms with Crippen LogP contribution in [0.2, 0.25) is 0 Å². The van der Waals surface area contributed by atoms with Crippen molar-refractivity contribution in [2.45, 2.75) is 71.9 Å². The second kappa shape index (κ2) is 7.02. The number of rotatable bonds is 5. The summed E-state index contributed by atoms with van der Waals surface area (Å²) in [5, 5.41) is 0. The average Bonchev–Trinajstić information content (AvgIpc) is 3.02. The van der Waals surface area contributed by atoms with Gasteiger partial charge in [0, 0.05) is 24.2 Å². The number of likely N-dealkylation sites (tertiary alicyclic amines) is 1. The third-order valence-corrected chi connectivity index (χ3v) is 5.88. The van der Waals surface area contributed by atoms with Crippen LogP contribution in [-0.4, -0.2) is 60.3 Å². The van der Waals surface area contributed by atoms with Gasteiger partial charge in [0.05, 0.1) is 13.2 Å². The molecule has 2 aliphatic heterocycles. The van der Waals surface area contributed by atoms with Gasteiger partial charge in [0.1, 0.15) is 0 Å². The normalized spacial score (nSPS) is 23.7. The maximum atomic E-state index is 5.58. The third kappa shape index (κ3) is 3.42. The number of ether oxygens (including phenoxy) is 1. The molecule has 0 aromatic carbocycles. The Morgan fingerprint density at radius 3 is 1.77 bits per heavy atom. The van der Waals surface area contributed by atoms with Gasteiger partial charge in [-0.2, -0.15) is 0 Å². The lowest BCUT2D eigenvalue weighted by Gasteiger charge is -2.51. The van der Waals surface area contributed by atoms with Gasteiger partial charge in [-0.3, -0.25) is 9.80 Å². The van der Waals surface area contributed by atoms with Crippen molar-refractivity contribution in [3.63, 3.8) is 0 Å². The van der Waals surface area contributed by atoms with E-state index in [1.165, 1.54) is 25.9 Å². The summed E-state index contributed by atoms with van der Waals surface area (Å²) in [7, 11) is 0. The molecule has 0 atom stereocenters.